The second-order valence-corrected chi connectivity index (χ2v) is 1.94. The predicted octanol–water partition coefficient (Wildman–Crippen LogP) is 3.11. The van der Waals surface area contributed by atoms with Gasteiger partial charge in [0.25, 0.3) is 0 Å². The molecule has 0 radical (unpaired) electrons. The number of ether oxygens (including phenoxy) is 2. The van der Waals surface area contributed by atoms with E-state index in [1.54, 1.807) is 19.6 Å². The number of hydrogen-bond donors (Lipinski definition) is 0. The molecule has 72 valence electrons. The molecule has 2 heteroatoms. The second kappa shape index (κ2) is 16.6. The van der Waals surface area contributed by atoms with E-state index in [1.807, 2.05) is 26.0 Å². The summed E-state index contributed by atoms with van der Waals surface area (Å²) >= 11 is 0. The fraction of sp³-hybridized carbons (Fsp3) is 0.600. The summed E-state index contributed by atoms with van der Waals surface area (Å²) in [5.74, 6) is 0. The maximum absolute atomic E-state index is 4.80. The third-order valence-corrected chi connectivity index (χ3v) is 0.867. The van der Waals surface area contributed by atoms with Crippen molar-refractivity contribution in [1.29, 1.82) is 0 Å². The molecule has 0 aromatic rings. The molecule has 0 rings (SSSR count). The molecule has 2 nitrogen and oxygen atoms in total. The van der Waals surface area contributed by atoms with Crippen molar-refractivity contribution in [1.82, 2.24) is 0 Å². The van der Waals surface area contributed by atoms with Crippen molar-refractivity contribution in [2.45, 2.75) is 27.2 Å². The fourth-order valence-corrected chi connectivity index (χ4v) is 0.385. The average Bonchev–Trinajstić information content (AvgIpc) is 2.12. The van der Waals surface area contributed by atoms with Crippen LogP contribution in [0.2, 0.25) is 0 Å². The van der Waals surface area contributed by atoms with Crippen LogP contribution in [0.25, 0.3) is 0 Å². The molecule has 0 atom stereocenters. The molecule has 0 N–H and O–H groups in total. The molecular formula is C10H20O2. The van der Waals surface area contributed by atoms with E-state index in [4.69, 9.17) is 4.74 Å². The van der Waals surface area contributed by atoms with E-state index in [0.717, 1.165) is 13.0 Å². The van der Waals surface area contributed by atoms with Crippen molar-refractivity contribution in [3.8, 4) is 0 Å². The minimum Gasteiger partial charge on any atom is -0.505 e. The van der Waals surface area contributed by atoms with Gasteiger partial charge in [-0.25, -0.2) is 0 Å². The van der Waals surface area contributed by atoms with Gasteiger partial charge in [-0.3, -0.25) is 0 Å². The summed E-state index contributed by atoms with van der Waals surface area (Å²) in [5, 5.41) is 0. The van der Waals surface area contributed by atoms with Crippen molar-refractivity contribution in [2.75, 3.05) is 13.7 Å². The highest BCUT2D eigenvalue weighted by atomic mass is 16.5. The number of methoxy groups -OCH3 is 1. The van der Waals surface area contributed by atoms with Crippen molar-refractivity contribution in [2.24, 2.45) is 0 Å². The lowest BCUT2D eigenvalue weighted by molar-refractivity contribution is 0.269. The molecule has 0 aromatic heterocycles. The van der Waals surface area contributed by atoms with E-state index in [1.165, 1.54) is 0 Å². The monoisotopic (exact) mass is 172 g/mol. The summed E-state index contributed by atoms with van der Waals surface area (Å²) < 4.78 is 9.40. The first-order valence-electron chi connectivity index (χ1n) is 4.23. The van der Waals surface area contributed by atoms with Crippen LogP contribution in [0.5, 0.6) is 0 Å². The first-order valence-corrected chi connectivity index (χ1v) is 4.23. The molecule has 0 unspecified atom stereocenters. The zero-order valence-corrected chi connectivity index (χ0v) is 8.54. The maximum Gasteiger partial charge on any atom is 0.0845 e. The SMILES string of the molecule is CC=COCC.CCC=COC. The Labute approximate surface area is 75.9 Å². The summed E-state index contributed by atoms with van der Waals surface area (Å²) in [5.41, 5.74) is 0. The third kappa shape index (κ3) is 23.0. The Bertz CT molecular complexity index is 100. The summed E-state index contributed by atoms with van der Waals surface area (Å²) in [6, 6.07) is 0. The van der Waals surface area contributed by atoms with Crippen molar-refractivity contribution < 1.29 is 9.47 Å². The zero-order chi connectivity index (χ0) is 9.66. The van der Waals surface area contributed by atoms with Gasteiger partial charge < -0.3 is 9.47 Å². The van der Waals surface area contributed by atoms with Crippen LogP contribution < -0.4 is 0 Å². The highest BCUT2D eigenvalue weighted by Crippen LogP contribution is 1.76. The predicted molar refractivity (Wildman–Crippen MR) is 52.9 cm³/mol. The largest absolute Gasteiger partial charge is 0.505 e. The Morgan fingerprint density at radius 2 is 1.83 bits per heavy atom. The van der Waals surface area contributed by atoms with Gasteiger partial charge in [-0.2, -0.15) is 0 Å². The zero-order valence-electron chi connectivity index (χ0n) is 8.54. The van der Waals surface area contributed by atoms with Crippen LogP contribution in [0.3, 0.4) is 0 Å². The van der Waals surface area contributed by atoms with Gasteiger partial charge in [0, 0.05) is 0 Å². The van der Waals surface area contributed by atoms with Crippen molar-refractivity contribution in [3.63, 3.8) is 0 Å². The molecule has 0 heterocycles. The van der Waals surface area contributed by atoms with Crippen LogP contribution in [0.1, 0.15) is 27.2 Å². The smallest absolute Gasteiger partial charge is 0.0845 e. The molecule has 0 amide bonds. The summed E-state index contributed by atoms with van der Waals surface area (Å²) in [6.07, 6.45) is 8.23. The van der Waals surface area contributed by atoms with Gasteiger partial charge in [-0.15, -0.1) is 0 Å². The first kappa shape index (κ1) is 13.7. The van der Waals surface area contributed by atoms with Gasteiger partial charge in [-0.05, 0) is 20.3 Å². The standard InChI is InChI=1S/2C5H10O/c1-3-4-5-6-2;1-3-5-6-4-2/h4-5H,3H2,1-2H3;3,5H,4H2,1-2H3. The lowest BCUT2D eigenvalue weighted by atomic mass is 10.5. The summed E-state index contributed by atoms with van der Waals surface area (Å²) in [6.45, 7) is 6.72. The lowest BCUT2D eigenvalue weighted by Gasteiger charge is -1.86. The van der Waals surface area contributed by atoms with Gasteiger partial charge >= 0.3 is 0 Å². The van der Waals surface area contributed by atoms with E-state index < -0.39 is 0 Å². The highest BCUT2D eigenvalue weighted by molar-refractivity contribution is 4.69. The third-order valence-electron chi connectivity index (χ3n) is 0.867. The minimum absolute atomic E-state index is 0.768. The maximum atomic E-state index is 4.80. The van der Waals surface area contributed by atoms with Crippen LogP contribution in [0.4, 0.5) is 0 Å². The van der Waals surface area contributed by atoms with Gasteiger partial charge in [0.15, 0.2) is 0 Å². The number of hydrogen-bond acceptors (Lipinski definition) is 2. The Morgan fingerprint density at radius 3 is 2.00 bits per heavy atom. The van der Waals surface area contributed by atoms with Crippen LogP contribution in [0.15, 0.2) is 24.7 Å². The van der Waals surface area contributed by atoms with E-state index in [-0.39, 0.29) is 0 Å². The molecule has 0 saturated heterocycles. The van der Waals surface area contributed by atoms with Crippen molar-refractivity contribution >= 4 is 0 Å². The van der Waals surface area contributed by atoms with E-state index in [0.29, 0.717) is 0 Å². The molecule has 0 fully saturated rings. The average molecular weight is 172 g/mol. The second-order valence-electron chi connectivity index (χ2n) is 1.94. The summed E-state index contributed by atoms with van der Waals surface area (Å²) in [4.78, 5) is 0. The van der Waals surface area contributed by atoms with E-state index in [9.17, 15) is 0 Å². The van der Waals surface area contributed by atoms with Crippen LogP contribution in [0, 0.1) is 0 Å². The molecule has 0 aliphatic rings. The molecule has 12 heavy (non-hydrogen) atoms. The highest BCUT2D eigenvalue weighted by Gasteiger charge is 1.60. The molecule has 0 bridgehead atoms. The van der Waals surface area contributed by atoms with Crippen LogP contribution in [-0.4, -0.2) is 13.7 Å². The normalized spacial score (nSPS) is 9.67. The van der Waals surface area contributed by atoms with Gasteiger partial charge in [-0.1, -0.05) is 19.1 Å². The topological polar surface area (TPSA) is 18.5 Å². The van der Waals surface area contributed by atoms with Gasteiger partial charge in [0.05, 0.1) is 26.2 Å². The molecule has 0 aliphatic heterocycles. The van der Waals surface area contributed by atoms with Crippen LogP contribution in [-0.2, 0) is 9.47 Å². The van der Waals surface area contributed by atoms with Crippen LogP contribution >= 0.6 is 0 Å². The number of rotatable bonds is 4. The number of allylic oxidation sites excluding steroid dienone is 2. The molecule has 0 saturated carbocycles. The quantitative estimate of drug-likeness (QED) is 0.607. The molecule has 0 aliphatic carbocycles. The Hall–Kier alpha value is -0.920. The van der Waals surface area contributed by atoms with Gasteiger partial charge in [0.2, 0.25) is 0 Å². The van der Waals surface area contributed by atoms with E-state index >= 15 is 0 Å². The molecular weight excluding hydrogens is 152 g/mol. The minimum atomic E-state index is 0.768. The molecule has 0 aromatic carbocycles. The summed E-state index contributed by atoms with van der Waals surface area (Å²) in [7, 11) is 1.64. The Balaban J connectivity index is 0. The molecule has 0 spiro atoms. The van der Waals surface area contributed by atoms with Crippen molar-refractivity contribution in [3.05, 3.63) is 24.7 Å². The first-order chi connectivity index (χ1) is 5.83. The van der Waals surface area contributed by atoms with E-state index in [2.05, 4.69) is 11.7 Å². The fourth-order valence-electron chi connectivity index (χ4n) is 0.385. The Kier molecular flexibility index (Phi) is 18.9. The lowest BCUT2D eigenvalue weighted by Crippen LogP contribution is -1.73. The van der Waals surface area contributed by atoms with Gasteiger partial charge in [0.1, 0.15) is 0 Å². The Morgan fingerprint density at radius 1 is 1.17 bits per heavy atom.